The number of benzene rings is 1. The number of ether oxygens (including phenoxy) is 2. The predicted molar refractivity (Wildman–Crippen MR) is 102 cm³/mol. The number of hydrogen-bond donors (Lipinski definition) is 1. The molecular weight excluding hydrogens is 374 g/mol. The Bertz CT molecular complexity index is 947. The fourth-order valence-electron chi connectivity index (χ4n) is 2.61. The third-order valence-electron chi connectivity index (χ3n) is 3.90. The minimum Gasteiger partial charge on any atom is -1.00 e. The fraction of sp³-hybridized carbons (Fsp3) is 0.294. The molecule has 1 atom stereocenters. The van der Waals surface area contributed by atoms with Crippen molar-refractivity contribution in [2.75, 3.05) is 14.2 Å². The van der Waals surface area contributed by atoms with E-state index in [0.29, 0.717) is 5.16 Å². The normalized spacial score (nSPS) is 11.4. The van der Waals surface area contributed by atoms with Crippen molar-refractivity contribution in [3.8, 4) is 11.5 Å². The number of aryl methyl sites for hydroxylation is 1. The van der Waals surface area contributed by atoms with Crippen LogP contribution >= 0.6 is 0 Å². The maximum absolute atomic E-state index is 12.7. The molecule has 0 spiro atoms. The van der Waals surface area contributed by atoms with E-state index in [0.717, 1.165) is 39.4 Å². The minimum atomic E-state index is -1.33. The van der Waals surface area contributed by atoms with Crippen LogP contribution in [0.15, 0.2) is 29.6 Å². The molecule has 2 aromatic heterocycles. The average molecular weight is 396 g/mol. The van der Waals surface area contributed by atoms with Crippen LogP contribution in [0.1, 0.15) is 21.1 Å². The molecule has 0 saturated heterocycles. The molecule has 2 heterocycles. The van der Waals surface area contributed by atoms with Crippen molar-refractivity contribution in [2.24, 2.45) is 0 Å². The van der Waals surface area contributed by atoms with Gasteiger partial charge in [0.25, 0.3) is 0 Å². The number of aromatic amines is 1. The van der Waals surface area contributed by atoms with E-state index in [1.165, 1.54) is 0 Å². The molecule has 0 aliphatic rings. The summed E-state index contributed by atoms with van der Waals surface area (Å²) >= 11 is 0. The van der Waals surface area contributed by atoms with Gasteiger partial charge in [0.05, 0.1) is 47.5 Å². The maximum Gasteiger partial charge on any atom is 2.00 e. The van der Waals surface area contributed by atoms with E-state index < -0.39 is 10.8 Å². The van der Waals surface area contributed by atoms with E-state index >= 15 is 0 Å². The van der Waals surface area contributed by atoms with Crippen molar-refractivity contribution in [2.45, 2.75) is 24.8 Å². The molecule has 3 aromatic rings. The van der Waals surface area contributed by atoms with Gasteiger partial charge < -0.3 is 18.7 Å². The molecule has 0 aliphatic carbocycles. The van der Waals surface area contributed by atoms with E-state index in [2.05, 4.69) is 15.0 Å². The Kier molecular flexibility index (Phi) is 9.05. The van der Waals surface area contributed by atoms with E-state index in [-0.39, 0.29) is 62.6 Å². The van der Waals surface area contributed by atoms with Gasteiger partial charge in [0.15, 0.2) is 5.16 Å². The van der Waals surface area contributed by atoms with Crippen LogP contribution < -0.4 is 39.0 Å². The zero-order chi connectivity index (χ0) is 17.3. The number of nitrogens with one attached hydrogen (secondary N) is 1. The zero-order valence-electron chi connectivity index (χ0n) is 18.8. The summed E-state index contributed by atoms with van der Waals surface area (Å²) in [7, 11) is 1.91. The molecule has 1 unspecified atom stereocenters. The Balaban J connectivity index is -0.00000135. The van der Waals surface area contributed by atoms with Crippen molar-refractivity contribution in [1.29, 1.82) is 0 Å². The van der Waals surface area contributed by atoms with E-state index in [4.69, 9.17) is 9.47 Å². The van der Waals surface area contributed by atoms with Crippen molar-refractivity contribution in [1.82, 2.24) is 15.0 Å². The summed E-state index contributed by atoms with van der Waals surface area (Å²) in [6.45, 7) is 3.86. The first-order valence-electron chi connectivity index (χ1n) is 7.44. The first kappa shape index (κ1) is 23.4. The molecule has 0 fully saturated rings. The number of imidazole rings is 1. The number of fused-ring (bicyclic) bond motifs is 1. The summed E-state index contributed by atoms with van der Waals surface area (Å²) in [5, 5.41) is 0.430. The summed E-state index contributed by atoms with van der Waals surface area (Å²) in [6, 6.07) is 5.50. The number of hydrogen-bond acceptors (Lipinski definition) is 5. The second kappa shape index (κ2) is 10.1. The van der Waals surface area contributed by atoms with Crippen molar-refractivity contribution < 1.29 is 47.5 Å². The van der Waals surface area contributed by atoms with Gasteiger partial charge in [-0.3, -0.25) is 9.19 Å². The van der Waals surface area contributed by atoms with Crippen molar-refractivity contribution in [3.05, 3.63) is 41.2 Å². The smallest absolute Gasteiger partial charge is 1.00 e. The second-order valence-corrected chi connectivity index (χ2v) is 6.83. The van der Waals surface area contributed by atoms with Gasteiger partial charge in [-0.15, -0.1) is 0 Å². The van der Waals surface area contributed by atoms with Crippen LogP contribution in [-0.2, 0) is 16.6 Å². The van der Waals surface area contributed by atoms with E-state index in [9.17, 15) is 4.21 Å². The number of H-pyrrole nitrogens is 1. The van der Waals surface area contributed by atoms with Crippen molar-refractivity contribution >= 4 is 44.9 Å². The van der Waals surface area contributed by atoms with E-state index in [1.54, 1.807) is 20.4 Å². The van der Waals surface area contributed by atoms with Gasteiger partial charge in [-0.05, 0) is 26.0 Å². The van der Waals surface area contributed by atoms with Gasteiger partial charge in [-0.2, -0.15) is 0 Å². The number of nitrogens with zero attached hydrogens (tertiary/aromatic N) is 2. The molecule has 132 valence electrons. The first-order chi connectivity index (χ1) is 11.5. The standard InChI is InChI=1S/C17H19N3O3S.Mg.Na.3H/c1-10-8-18-15(11(2)16(10)23-4)9-24(21)17-19-13-6-5-12(22-3)7-14(13)20-17;;;;;/h5-8H,9H2,1-4H3,(H,19,20);;;;;/q;+2;+1;3*-1. The fourth-order valence-corrected chi connectivity index (χ4v) is 3.71. The maximum atomic E-state index is 12.7. The third-order valence-corrected chi connectivity index (χ3v) is 5.06. The van der Waals surface area contributed by atoms with Gasteiger partial charge in [0, 0.05) is 23.4 Å². The summed E-state index contributed by atoms with van der Waals surface area (Å²) < 4.78 is 23.3. The van der Waals surface area contributed by atoms with Gasteiger partial charge >= 0.3 is 52.6 Å². The number of rotatable bonds is 5. The largest absolute Gasteiger partial charge is 2.00 e. The SMILES string of the molecule is COc1ccc2nc(S(=O)Cc3ncc(C)c(OC)c3C)[nH]c2c1.[H-].[H-].[H-].[Mg+2].[Na+]. The molecule has 3 rings (SSSR count). The molecular formula is C17H22MgN3NaO3S. The third kappa shape index (κ3) is 4.79. The van der Waals surface area contributed by atoms with Crippen LogP contribution in [0.3, 0.4) is 0 Å². The van der Waals surface area contributed by atoms with Gasteiger partial charge in [-0.25, -0.2) is 4.98 Å². The summed E-state index contributed by atoms with van der Waals surface area (Å²) in [5.74, 6) is 1.79. The second-order valence-electron chi connectivity index (χ2n) is 5.46. The van der Waals surface area contributed by atoms with Crippen LogP contribution in [0.4, 0.5) is 0 Å². The molecule has 9 heteroatoms. The Morgan fingerprint density at radius 2 is 1.96 bits per heavy atom. The molecule has 26 heavy (non-hydrogen) atoms. The minimum absolute atomic E-state index is 0. The average Bonchev–Trinajstić information content (AvgIpc) is 3.01. The van der Waals surface area contributed by atoms with Crippen LogP contribution in [0.2, 0.25) is 0 Å². The zero-order valence-corrected chi connectivity index (χ0v) is 20.0. The predicted octanol–water partition coefficient (Wildman–Crippen LogP) is -0.140. The molecule has 1 N–H and O–H groups in total. The quantitative estimate of drug-likeness (QED) is 0.609. The number of methoxy groups -OCH3 is 2. The molecule has 1 aromatic carbocycles. The Morgan fingerprint density at radius 3 is 2.62 bits per heavy atom. The number of pyridine rings is 1. The molecule has 0 amide bonds. The number of aromatic nitrogens is 3. The Morgan fingerprint density at radius 1 is 1.23 bits per heavy atom. The van der Waals surface area contributed by atoms with Crippen molar-refractivity contribution in [3.63, 3.8) is 0 Å². The van der Waals surface area contributed by atoms with Gasteiger partial charge in [0.2, 0.25) is 0 Å². The molecule has 0 radical (unpaired) electrons. The molecule has 6 nitrogen and oxygen atoms in total. The molecule has 0 saturated carbocycles. The van der Waals surface area contributed by atoms with E-state index in [1.807, 2.05) is 32.0 Å². The van der Waals surface area contributed by atoms with Crippen LogP contribution in [0.25, 0.3) is 11.0 Å². The van der Waals surface area contributed by atoms with Crippen LogP contribution in [0, 0.1) is 13.8 Å². The first-order valence-corrected chi connectivity index (χ1v) is 8.76. The Hall–Kier alpha value is -0.644. The topological polar surface area (TPSA) is 77.1 Å². The Labute approximate surface area is 197 Å². The van der Waals surface area contributed by atoms with Gasteiger partial charge in [0.1, 0.15) is 11.5 Å². The molecule has 0 aliphatic heterocycles. The van der Waals surface area contributed by atoms with Gasteiger partial charge in [-0.1, -0.05) is 0 Å². The van der Waals surface area contributed by atoms with Crippen LogP contribution in [-0.4, -0.2) is 56.4 Å². The summed E-state index contributed by atoms with van der Waals surface area (Å²) in [6.07, 6.45) is 1.74. The van der Waals surface area contributed by atoms with Crippen LogP contribution in [0.5, 0.6) is 11.5 Å². The summed E-state index contributed by atoms with van der Waals surface area (Å²) in [5.41, 5.74) is 4.16. The monoisotopic (exact) mass is 395 g/mol. The summed E-state index contributed by atoms with van der Waals surface area (Å²) in [4.78, 5) is 11.9. The molecule has 0 bridgehead atoms.